The predicted molar refractivity (Wildman–Crippen MR) is 92.6 cm³/mol. The Bertz CT molecular complexity index is 908. The largest absolute Gasteiger partial charge is 0.465 e. The summed E-state index contributed by atoms with van der Waals surface area (Å²) in [6, 6.07) is 0. The molecule has 0 aliphatic carbocycles. The van der Waals surface area contributed by atoms with Crippen LogP contribution in [-0.2, 0) is 23.1 Å². The van der Waals surface area contributed by atoms with Gasteiger partial charge in [0.1, 0.15) is 0 Å². The SMILES string of the molecule is CCOC(=O)CSc1nc2c(c(=O)[nH]c(=O)n2C)n1CC=C(C)Cl. The van der Waals surface area contributed by atoms with Crippen molar-refractivity contribution in [2.75, 3.05) is 12.4 Å². The van der Waals surface area contributed by atoms with Crippen LogP contribution in [0.4, 0.5) is 0 Å². The first-order chi connectivity index (χ1) is 11.3. The van der Waals surface area contributed by atoms with Crippen LogP contribution in [0, 0.1) is 0 Å². The second-order valence-electron chi connectivity index (χ2n) is 4.88. The number of nitrogens with zero attached hydrogens (tertiary/aromatic N) is 3. The molecule has 2 rings (SSSR count). The number of allylic oxidation sites excluding steroid dienone is 2. The molecule has 10 heteroatoms. The standard InChI is InChI=1S/C14H17ClN4O4S/c1-4-23-9(20)7-24-14-16-11-10(19(14)6-5-8(2)15)12(21)17-13(22)18(11)3/h5H,4,6-7H2,1-3H3,(H,17,21,22). The van der Waals surface area contributed by atoms with Gasteiger partial charge >= 0.3 is 11.7 Å². The fraction of sp³-hybridized carbons (Fsp3) is 0.429. The smallest absolute Gasteiger partial charge is 0.329 e. The maximum Gasteiger partial charge on any atom is 0.329 e. The van der Waals surface area contributed by atoms with Gasteiger partial charge in [-0.3, -0.25) is 19.1 Å². The number of fused-ring (bicyclic) bond motifs is 1. The van der Waals surface area contributed by atoms with Crippen LogP contribution in [0.3, 0.4) is 0 Å². The molecule has 0 spiro atoms. The van der Waals surface area contributed by atoms with Crippen molar-refractivity contribution in [1.82, 2.24) is 19.1 Å². The minimum absolute atomic E-state index is 0.0482. The quantitative estimate of drug-likeness (QED) is 0.604. The molecule has 2 aromatic rings. The van der Waals surface area contributed by atoms with Crippen molar-refractivity contribution in [1.29, 1.82) is 0 Å². The Morgan fingerprint density at radius 1 is 1.46 bits per heavy atom. The summed E-state index contributed by atoms with van der Waals surface area (Å²) in [7, 11) is 1.51. The number of ether oxygens (including phenoxy) is 1. The summed E-state index contributed by atoms with van der Waals surface area (Å²) >= 11 is 7.00. The summed E-state index contributed by atoms with van der Waals surface area (Å²) in [5, 5.41) is 0.985. The van der Waals surface area contributed by atoms with Gasteiger partial charge in [-0.15, -0.1) is 0 Å². The fourth-order valence-corrected chi connectivity index (χ4v) is 2.91. The third-order valence-electron chi connectivity index (χ3n) is 3.15. The fourth-order valence-electron chi connectivity index (χ4n) is 2.04. The Morgan fingerprint density at radius 3 is 2.79 bits per heavy atom. The molecule has 0 radical (unpaired) electrons. The van der Waals surface area contributed by atoms with Gasteiger partial charge in [0.25, 0.3) is 5.56 Å². The number of aromatic amines is 1. The number of halogens is 1. The first kappa shape index (κ1) is 18.3. The van der Waals surface area contributed by atoms with Crippen molar-refractivity contribution in [3.05, 3.63) is 31.9 Å². The van der Waals surface area contributed by atoms with Crippen LogP contribution in [0.15, 0.2) is 25.9 Å². The first-order valence-corrected chi connectivity index (χ1v) is 8.51. The van der Waals surface area contributed by atoms with Crippen molar-refractivity contribution < 1.29 is 9.53 Å². The Morgan fingerprint density at radius 2 is 2.17 bits per heavy atom. The number of nitrogens with one attached hydrogen (secondary N) is 1. The Kier molecular flexibility index (Phi) is 5.89. The van der Waals surface area contributed by atoms with E-state index >= 15 is 0 Å². The minimum atomic E-state index is -0.553. The lowest BCUT2D eigenvalue weighted by Crippen LogP contribution is -2.29. The van der Waals surface area contributed by atoms with E-state index in [-0.39, 0.29) is 36.0 Å². The van der Waals surface area contributed by atoms with E-state index in [0.717, 1.165) is 11.8 Å². The van der Waals surface area contributed by atoms with Gasteiger partial charge in [-0.2, -0.15) is 0 Å². The Hall–Kier alpha value is -2.00. The minimum Gasteiger partial charge on any atom is -0.465 e. The van der Waals surface area contributed by atoms with Crippen LogP contribution >= 0.6 is 23.4 Å². The number of H-pyrrole nitrogens is 1. The molecule has 0 atom stereocenters. The summed E-state index contributed by atoms with van der Waals surface area (Å²) in [5.41, 5.74) is -0.597. The van der Waals surface area contributed by atoms with Gasteiger partial charge < -0.3 is 9.30 Å². The average Bonchev–Trinajstić information content (AvgIpc) is 2.88. The molecule has 0 amide bonds. The highest BCUT2D eigenvalue weighted by Crippen LogP contribution is 2.22. The third-order valence-corrected chi connectivity index (χ3v) is 4.26. The number of carbonyl (C=O) groups excluding carboxylic acids is 1. The van der Waals surface area contributed by atoms with Crippen molar-refractivity contribution in [3.8, 4) is 0 Å². The van der Waals surface area contributed by atoms with Crippen molar-refractivity contribution in [3.63, 3.8) is 0 Å². The summed E-state index contributed by atoms with van der Waals surface area (Å²) in [4.78, 5) is 42.1. The summed E-state index contributed by atoms with van der Waals surface area (Å²) in [6.07, 6.45) is 1.71. The molecule has 0 saturated heterocycles. The van der Waals surface area contributed by atoms with E-state index in [2.05, 4.69) is 9.97 Å². The Balaban J connectivity index is 2.54. The number of aromatic nitrogens is 4. The zero-order chi connectivity index (χ0) is 17.9. The molecule has 0 aliphatic rings. The van der Waals surface area contributed by atoms with E-state index < -0.39 is 11.2 Å². The van der Waals surface area contributed by atoms with E-state index in [1.807, 2.05) is 0 Å². The molecule has 8 nitrogen and oxygen atoms in total. The molecule has 2 heterocycles. The molecule has 0 fully saturated rings. The number of carbonyl (C=O) groups is 1. The van der Waals surface area contributed by atoms with Crippen molar-refractivity contribution in [2.45, 2.75) is 25.5 Å². The monoisotopic (exact) mass is 372 g/mol. The van der Waals surface area contributed by atoms with E-state index in [9.17, 15) is 14.4 Å². The molecule has 130 valence electrons. The van der Waals surface area contributed by atoms with E-state index in [4.69, 9.17) is 16.3 Å². The number of aryl methyl sites for hydroxylation is 1. The lowest BCUT2D eigenvalue weighted by Gasteiger charge is -2.06. The molecule has 1 N–H and O–H groups in total. The summed E-state index contributed by atoms with van der Waals surface area (Å²) < 4.78 is 7.75. The highest BCUT2D eigenvalue weighted by atomic mass is 35.5. The maximum absolute atomic E-state index is 12.2. The summed E-state index contributed by atoms with van der Waals surface area (Å²) in [5.74, 6) is -0.333. The molecule has 0 bridgehead atoms. The van der Waals surface area contributed by atoms with Crippen molar-refractivity contribution in [2.24, 2.45) is 7.05 Å². The number of thioether (sulfide) groups is 1. The van der Waals surface area contributed by atoms with E-state index in [1.165, 1.54) is 11.6 Å². The van der Waals surface area contributed by atoms with Crippen LogP contribution in [0.25, 0.3) is 11.2 Å². The lowest BCUT2D eigenvalue weighted by molar-refractivity contribution is -0.139. The van der Waals surface area contributed by atoms with Gasteiger partial charge in [-0.1, -0.05) is 29.4 Å². The van der Waals surface area contributed by atoms with E-state index in [0.29, 0.717) is 10.2 Å². The van der Waals surface area contributed by atoms with Crippen LogP contribution in [0.2, 0.25) is 0 Å². The second kappa shape index (κ2) is 7.71. The van der Waals surface area contributed by atoms with Gasteiger partial charge in [-0.25, -0.2) is 9.78 Å². The van der Waals surface area contributed by atoms with Gasteiger partial charge in [0.05, 0.1) is 12.4 Å². The topological polar surface area (TPSA) is 99.0 Å². The number of rotatable bonds is 6. The van der Waals surface area contributed by atoms with Gasteiger partial charge in [-0.05, 0) is 13.8 Å². The van der Waals surface area contributed by atoms with Crippen LogP contribution in [0.1, 0.15) is 13.8 Å². The number of hydrogen-bond acceptors (Lipinski definition) is 6. The molecule has 0 unspecified atom stereocenters. The zero-order valence-electron chi connectivity index (χ0n) is 13.5. The molecule has 0 aliphatic heterocycles. The van der Waals surface area contributed by atoms with E-state index in [1.54, 1.807) is 24.5 Å². The number of esters is 1. The van der Waals surface area contributed by atoms with Crippen LogP contribution in [-0.4, -0.2) is 37.4 Å². The molecule has 0 saturated carbocycles. The highest BCUT2D eigenvalue weighted by Gasteiger charge is 2.18. The molecular formula is C14H17ClN4O4S. The molecular weight excluding hydrogens is 356 g/mol. The maximum atomic E-state index is 12.2. The van der Waals surface area contributed by atoms with Crippen LogP contribution in [0.5, 0.6) is 0 Å². The lowest BCUT2D eigenvalue weighted by atomic mass is 10.4. The van der Waals surface area contributed by atoms with Gasteiger partial charge in [0.2, 0.25) is 0 Å². The third kappa shape index (κ3) is 3.90. The van der Waals surface area contributed by atoms with Crippen LogP contribution < -0.4 is 11.2 Å². The molecule has 2 aromatic heterocycles. The predicted octanol–water partition coefficient (Wildman–Crippen LogP) is 1.22. The zero-order valence-corrected chi connectivity index (χ0v) is 15.0. The molecule has 24 heavy (non-hydrogen) atoms. The van der Waals surface area contributed by atoms with Gasteiger partial charge in [0.15, 0.2) is 16.3 Å². The number of hydrogen-bond donors (Lipinski definition) is 1. The highest BCUT2D eigenvalue weighted by molar-refractivity contribution is 7.99. The summed E-state index contributed by atoms with van der Waals surface area (Å²) in [6.45, 7) is 4.02. The van der Waals surface area contributed by atoms with Gasteiger partial charge in [0, 0.05) is 18.6 Å². The second-order valence-corrected chi connectivity index (χ2v) is 6.42. The normalized spacial score (nSPS) is 11.9. The first-order valence-electron chi connectivity index (χ1n) is 7.15. The van der Waals surface area contributed by atoms with Crippen molar-refractivity contribution >= 4 is 40.5 Å². The molecule has 0 aromatic carbocycles. The Labute approximate surface area is 146 Å². The number of imidazole rings is 1. The average molecular weight is 373 g/mol.